The number of ketones is 1. The summed E-state index contributed by atoms with van der Waals surface area (Å²) in [5.41, 5.74) is 0.814. The first-order valence-electron chi connectivity index (χ1n) is 3.79. The summed E-state index contributed by atoms with van der Waals surface area (Å²) in [6.45, 7) is 0. The molecule has 68 valence electrons. The third kappa shape index (κ3) is 3.03. The molecule has 0 amide bonds. The van der Waals surface area contributed by atoms with Gasteiger partial charge in [-0.3, -0.25) is 4.79 Å². The Kier molecular flexibility index (Phi) is 3.71. The van der Waals surface area contributed by atoms with Crippen molar-refractivity contribution in [3.63, 3.8) is 0 Å². The second-order valence-corrected chi connectivity index (χ2v) is 3.06. The van der Waals surface area contributed by atoms with Crippen molar-refractivity contribution in [2.75, 3.05) is 5.33 Å². The molecule has 0 aromatic heterocycles. The summed E-state index contributed by atoms with van der Waals surface area (Å²) in [5, 5.41) is 9.39. The predicted molar refractivity (Wildman–Crippen MR) is 55.8 cm³/mol. The molecule has 1 aromatic rings. The number of allylic oxidation sites excluding steroid dienone is 1. The zero-order valence-electron chi connectivity index (χ0n) is 6.90. The van der Waals surface area contributed by atoms with Crippen LogP contribution in [0.1, 0.15) is 5.56 Å². The van der Waals surface area contributed by atoms with Crippen LogP contribution in [0.25, 0.3) is 6.08 Å². The summed E-state index contributed by atoms with van der Waals surface area (Å²) in [6.07, 6.45) is 1.45. The van der Waals surface area contributed by atoms with E-state index in [4.69, 9.17) is 0 Å². The Morgan fingerprint density at radius 2 is 2.00 bits per heavy atom. The molecule has 13 heavy (non-hydrogen) atoms. The number of aliphatic hydroxyl groups is 1. The zero-order chi connectivity index (χ0) is 9.68. The zero-order valence-corrected chi connectivity index (χ0v) is 8.49. The Bertz CT molecular complexity index is 317. The number of aliphatic hydroxyl groups excluding tert-OH is 1. The van der Waals surface area contributed by atoms with Crippen LogP contribution in [0.3, 0.4) is 0 Å². The highest BCUT2D eigenvalue weighted by atomic mass is 79.9. The van der Waals surface area contributed by atoms with E-state index in [1.807, 2.05) is 30.3 Å². The second-order valence-electron chi connectivity index (χ2n) is 2.50. The molecule has 0 saturated heterocycles. The number of alkyl halides is 1. The van der Waals surface area contributed by atoms with Crippen LogP contribution >= 0.6 is 15.9 Å². The quantitative estimate of drug-likeness (QED) is 0.501. The van der Waals surface area contributed by atoms with Gasteiger partial charge < -0.3 is 5.11 Å². The molecule has 0 unspecified atom stereocenters. The SMILES string of the molecule is O=C(CBr)/C(O)=C/c1ccccc1. The fourth-order valence-corrected chi connectivity index (χ4v) is 1.14. The predicted octanol–water partition coefficient (Wildman–Crippen LogP) is 2.55. The maximum Gasteiger partial charge on any atom is 0.207 e. The molecule has 1 rings (SSSR count). The molecule has 1 N–H and O–H groups in total. The van der Waals surface area contributed by atoms with Crippen molar-refractivity contribution in [1.29, 1.82) is 0 Å². The fraction of sp³-hybridized carbons (Fsp3) is 0.100. The minimum atomic E-state index is -0.316. The molecule has 0 radical (unpaired) electrons. The Morgan fingerprint density at radius 3 is 2.54 bits per heavy atom. The molecule has 2 nitrogen and oxygen atoms in total. The van der Waals surface area contributed by atoms with Gasteiger partial charge in [0.25, 0.3) is 0 Å². The van der Waals surface area contributed by atoms with Gasteiger partial charge in [0.1, 0.15) is 0 Å². The van der Waals surface area contributed by atoms with Gasteiger partial charge in [-0.1, -0.05) is 46.3 Å². The molecule has 0 atom stereocenters. The number of carbonyl (C=O) groups excluding carboxylic acids is 1. The standard InChI is InChI=1S/C10H9BrO2/c11-7-10(13)9(12)6-8-4-2-1-3-5-8/h1-6,12H,7H2/b9-6-. The summed E-state index contributed by atoms with van der Waals surface area (Å²) in [4.78, 5) is 11.0. The van der Waals surface area contributed by atoms with Crippen LogP contribution in [-0.4, -0.2) is 16.2 Å². The number of carbonyl (C=O) groups is 1. The number of benzene rings is 1. The highest BCUT2D eigenvalue weighted by Crippen LogP contribution is 2.05. The van der Waals surface area contributed by atoms with E-state index in [-0.39, 0.29) is 16.9 Å². The van der Waals surface area contributed by atoms with Crippen molar-refractivity contribution in [3.05, 3.63) is 41.7 Å². The van der Waals surface area contributed by atoms with Gasteiger partial charge in [-0.25, -0.2) is 0 Å². The van der Waals surface area contributed by atoms with Gasteiger partial charge >= 0.3 is 0 Å². The molecule has 1 aromatic carbocycles. The van der Waals surface area contributed by atoms with Crippen molar-refractivity contribution in [1.82, 2.24) is 0 Å². The Labute approximate surface area is 85.0 Å². The van der Waals surface area contributed by atoms with Crippen molar-refractivity contribution in [2.24, 2.45) is 0 Å². The Morgan fingerprint density at radius 1 is 1.38 bits per heavy atom. The molecule has 0 aliphatic rings. The minimum absolute atomic E-state index is 0.141. The van der Waals surface area contributed by atoms with Gasteiger partial charge in [-0.05, 0) is 11.6 Å². The topological polar surface area (TPSA) is 37.3 Å². The Hall–Kier alpha value is -1.09. The van der Waals surface area contributed by atoms with Gasteiger partial charge in [0, 0.05) is 0 Å². The molecule has 3 heteroatoms. The average Bonchev–Trinajstić information content (AvgIpc) is 2.18. The van der Waals surface area contributed by atoms with Crippen LogP contribution in [0.4, 0.5) is 0 Å². The van der Waals surface area contributed by atoms with E-state index in [1.165, 1.54) is 6.08 Å². The lowest BCUT2D eigenvalue weighted by molar-refractivity contribution is -0.115. The van der Waals surface area contributed by atoms with Crippen molar-refractivity contribution < 1.29 is 9.90 Å². The molecule has 0 bridgehead atoms. The highest BCUT2D eigenvalue weighted by molar-refractivity contribution is 9.09. The molecule has 0 heterocycles. The number of Topliss-reactive ketones (excluding diaryl/α,β-unsaturated/α-hetero) is 1. The lowest BCUT2D eigenvalue weighted by atomic mass is 10.2. The third-order valence-corrected chi connectivity index (χ3v) is 2.02. The maximum absolute atomic E-state index is 11.0. The van der Waals surface area contributed by atoms with Gasteiger partial charge in [0.2, 0.25) is 5.78 Å². The van der Waals surface area contributed by atoms with Gasteiger partial charge in [0.15, 0.2) is 5.76 Å². The van der Waals surface area contributed by atoms with E-state index >= 15 is 0 Å². The second kappa shape index (κ2) is 4.82. The first-order chi connectivity index (χ1) is 6.24. The minimum Gasteiger partial charge on any atom is -0.504 e. The maximum atomic E-state index is 11.0. The molecular weight excluding hydrogens is 232 g/mol. The van der Waals surface area contributed by atoms with Gasteiger partial charge in [0.05, 0.1) is 5.33 Å². The van der Waals surface area contributed by atoms with E-state index in [9.17, 15) is 9.90 Å². The van der Waals surface area contributed by atoms with Crippen molar-refractivity contribution in [3.8, 4) is 0 Å². The Balaban J connectivity index is 2.83. The average molecular weight is 241 g/mol. The summed E-state index contributed by atoms with van der Waals surface area (Å²) in [7, 11) is 0. The van der Waals surface area contributed by atoms with Crippen molar-refractivity contribution >= 4 is 27.8 Å². The smallest absolute Gasteiger partial charge is 0.207 e. The molecule has 0 fully saturated rings. The molecule has 0 spiro atoms. The summed E-state index contributed by atoms with van der Waals surface area (Å²) in [6, 6.07) is 9.20. The van der Waals surface area contributed by atoms with E-state index in [0.717, 1.165) is 5.56 Å². The lowest BCUT2D eigenvalue weighted by Crippen LogP contribution is -2.02. The molecule has 0 aliphatic carbocycles. The van der Waals surface area contributed by atoms with Crippen LogP contribution in [0.5, 0.6) is 0 Å². The van der Waals surface area contributed by atoms with Crippen LogP contribution in [0.15, 0.2) is 36.1 Å². The number of rotatable bonds is 3. The first kappa shape index (κ1) is 9.99. The number of hydrogen-bond donors (Lipinski definition) is 1. The molecular formula is C10H9BrO2. The van der Waals surface area contributed by atoms with E-state index in [1.54, 1.807) is 0 Å². The lowest BCUT2D eigenvalue weighted by Gasteiger charge is -1.95. The first-order valence-corrected chi connectivity index (χ1v) is 4.91. The molecule has 0 aliphatic heterocycles. The van der Waals surface area contributed by atoms with Crippen LogP contribution in [0.2, 0.25) is 0 Å². The number of halogens is 1. The monoisotopic (exact) mass is 240 g/mol. The van der Waals surface area contributed by atoms with E-state index in [2.05, 4.69) is 15.9 Å². The highest BCUT2D eigenvalue weighted by Gasteiger charge is 2.04. The van der Waals surface area contributed by atoms with Gasteiger partial charge in [-0.2, -0.15) is 0 Å². The van der Waals surface area contributed by atoms with Crippen LogP contribution < -0.4 is 0 Å². The van der Waals surface area contributed by atoms with Gasteiger partial charge in [-0.15, -0.1) is 0 Å². The normalized spacial score (nSPS) is 11.3. The largest absolute Gasteiger partial charge is 0.504 e. The number of hydrogen-bond acceptors (Lipinski definition) is 2. The summed E-state index contributed by atoms with van der Waals surface area (Å²) in [5.74, 6) is -0.535. The fourth-order valence-electron chi connectivity index (χ4n) is 0.856. The summed E-state index contributed by atoms with van der Waals surface area (Å²) < 4.78 is 0. The van der Waals surface area contributed by atoms with E-state index in [0.29, 0.717) is 0 Å². The third-order valence-electron chi connectivity index (χ3n) is 1.51. The molecule has 0 saturated carbocycles. The van der Waals surface area contributed by atoms with Crippen molar-refractivity contribution in [2.45, 2.75) is 0 Å². The van der Waals surface area contributed by atoms with Crippen LogP contribution in [-0.2, 0) is 4.79 Å². The summed E-state index contributed by atoms with van der Waals surface area (Å²) >= 11 is 2.98. The van der Waals surface area contributed by atoms with E-state index < -0.39 is 0 Å². The van der Waals surface area contributed by atoms with Crippen LogP contribution in [0, 0.1) is 0 Å².